The van der Waals surface area contributed by atoms with Gasteiger partial charge in [-0.1, -0.05) is 44.2 Å². The second kappa shape index (κ2) is 7.68. The summed E-state index contributed by atoms with van der Waals surface area (Å²) in [6, 6.07) is 9.54. The Bertz CT molecular complexity index is 423. The van der Waals surface area contributed by atoms with Crippen LogP contribution in [-0.4, -0.2) is 26.2 Å². The predicted molar refractivity (Wildman–Crippen MR) is 76.2 cm³/mol. The average Bonchev–Trinajstić information content (AvgIpc) is 2.46. The first-order chi connectivity index (χ1) is 9.51. The molecule has 110 valence electrons. The number of esters is 2. The highest BCUT2D eigenvalue weighted by atomic mass is 16.5. The maximum atomic E-state index is 12.0. The Labute approximate surface area is 120 Å². The zero-order chi connectivity index (χ0) is 15.1. The number of methoxy groups -OCH3 is 2. The third kappa shape index (κ3) is 4.08. The van der Waals surface area contributed by atoms with Gasteiger partial charge in [-0.25, -0.2) is 0 Å². The fraction of sp³-hybridized carbons (Fsp3) is 0.500. The highest BCUT2D eigenvalue weighted by Crippen LogP contribution is 2.32. The second-order valence-corrected chi connectivity index (χ2v) is 5.17. The number of benzene rings is 1. The van der Waals surface area contributed by atoms with Crippen molar-refractivity contribution in [1.82, 2.24) is 0 Å². The molecule has 4 heteroatoms. The second-order valence-electron chi connectivity index (χ2n) is 5.17. The molecule has 0 bridgehead atoms. The summed E-state index contributed by atoms with van der Waals surface area (Å²) in [5, 5.41) is 0. The lowest BCUT2D eigenvalue weighted by atomic mass is 9.80. The van der Waals surface area contributed by atoms with Crippen molar-refractivity contribution in [3.8, 4) is 0 Å². The monoisotopic (exact) mass is 278 g/mol. The van der Waals surface area contributed by atoms with Crippen molar-refractivity contribution >= 4 is 11.9 Å². The van der Waals surface area contributed by atoms with Gasteiger partial charge in [-0.05, 0) is 17.9 Å². The van der Waals surface area contributed by atoms with E-state index < -0.39 is 17.9 Å². The Morgan fingerprint density at radius 1 is 1.00 bits per heavy atom. The molecule has 0 saturated heterocycles. The van der Waals surface area contributed by atoms with E-state index in [4.69, 9.17) is 9.47 Å². The van der Waals surface area contributed by atoms with Gasteiger partial charge in [0.25, 0.3) is 0 Å². The molecule has 0 heterocycles. The third-order valence-corrected chi connectivity index (χ3v) is 3.27. The van der Waals surface area contributed by atoms with Gasteiger partial charge in [0.1, 0.15) is 0 Å². The molecule has 1 unspecified atom stereocenters. The van der Waals surface area contributed by atoms with Crippen LogP contribution in [0.2, 0.25) is 0 Å². The largest absolute Gasteiger partial charge is 0.468 e. The van der Waals surface area contributed by atoms with Crippen molar-refractivity contribution in [2.45, 2.75) is 26.2 Å². The van der Waals surface area contributed by atoms with E-state index in [2.05, 4.69) is 13.8 Å². The van der Waals surface area contributed by atoms with Crippen molar-refractivity contribution in [3.05, 3.63) is 35.9 Å². The zero-order valence-corrected chi connectivity index (χ0v) is 12.5. The van der Waals surface area contributed by atoms with Gasteiger partial charge in [-0.2, -0.15) is 0 Å². The lowest BCUT2D eigenvalue weighted by Crippen LogP contribution is -2.33. The highest BCUT2D eigenvalue weighted by Gasteiger charge is 2.37. The van der Waals surface area contributed by atoms with E-state index in [1.165, 1.54) is 14.2 Å². The van der Waals surface area contributed by atoms with Gasteiger partial charge in [0.15, 0.2) is 5.92 Å². The number of carbonyl (C=O) groups is 2. The van der Waals surface area contributed by atoms with Gasteiger partial charge in [0.05, 0.1) is 14.2 Å². The molecule has 0 saturated carbocycles. The maximum Gasteiger partial charge on any atom is 0.320 e. The van der Waals surface area contributed by atoms with E-state index in [-0.39, 0.29) is 5.92 Å². The summed E-state index contributed by atoms with van der Waals surface area (Å²) in [5.41, 5.74) is 0.946. The van der Waals surface area contributed by atoms with Crippen LogP contribution in [0.5, 0.6) is 0 Å². The summed E-state index contributed by atoms with van der Waals surface area (Å²) in [7, 11) is 2.57. The fourth-order valence-electron chi connectivity index (χ4n) is 2.35. The fourth-order valence-corrected chi connectivity index (χ4v) is 2.35. The van der Waals surface area contributed by atoms with Crippen LogP contribution in [0.3, 0.4) is 0 Å². The minimum absolute atomic E-state index is 0.240. The molecule has 4 nitrogen and oxygen atoms in total. The van der Waals surface area contributed by atoms with Crippen molar-refractivity contribution in [2.75, 3.05) is 14.2 Å². The molecule has 1 atom stereocenters. The summed E-state index contributed by atoms with van der Waals surface area (Å²) >= 11 is 0. The molecule has 0 radical (unpaired) electrons. The Balaban J connectivity index is 3.17. The molecule has 0 amide bonds. The number of hydrogen-bond donors (Lipinski definition) is 0. The van der Waals surface area contributed by atoms with Crippen LogP contribution in [0.25, 0.3) is 0 Å². The first-order valence-corrected chi connectivity index (χ1v) is 6.71. The molecule has 20 heavy (non-hydrogen) atoms. The first-order valence-electron chi connectivity index (χ1n) is 6.71. The smallest absolute Gasteiger partial charge is 0.320 e. The minimum Gasteiger partial charge on any atom is -0.468 e. The zero-order valence-electron chi connectivity index (χ0n) is 12.5. The molecule has 0 fully saturated rings. The Morgan fingerprint density at radius 3 is 1.90 bits per heavy atom. The Kier molecular flexibility index (Phi) is 6.22. The third-order valence-electron chi connectivity index (χ3n) is 3.27. The van der Waals surface area contributed by atoms with Crippen molar-refractivity contribution in [3.63, 3.8) is 0 Å². The molecular weight excluding hydrogens is 256 g/mol. The van der Waals surface area contributed by atoms with Crippen LogP contribution in [-0.2, 0) is 19.1 Å². The number of carbonyl (C=O) groups excluding carboxylic acids is 2. The average molecular weight is 278 g/mol. The van der Waals surface area contributed by atoms with E-state index >= 15 is 0 Å². The minimum atomic E-state index is -0.921. The van der Waals surface area contributed by atoms with Crippen LogP contribution in [0, 0.1) is 11.8 Å². The van der Waals surface area contributed by atoms with Crippen LogP contribution in [0.15, 0.2) is 30.3 Å². The van der Waals surface area contributed by atoms with E-state index in [1.54, 1.807) is 0 Å². The van der Waals surface area contributed by atoms with Crippen LogP contribution in [0.1, 0.15) is 31.7 Å². The van der Waals surface area contributed by atoms with E-state index in [0.29, 0.717) is 12.3 Å². The molecule has 1 aromatic carbocycles. The number of ether oxygens (including phenoxy) is 2. The van der Waals surface area contributed by atoms with E-state index in [1.807, 2.05) is 30.3 Å². The van der Waals surface area contributed by atoms with E-state index in [9.17, 15) is 9.59 Å². The topological polar surface area (TPSA) is 52.6 Å². The highest BCUT2D eigenvalue weighted by molar-refractivity contribution is 5.96. The Morgan fingerprint density at radius 2 is 1.50 bits per heavy atom. The standard InChI is InChI=1S/C16H22O4/c1-11(2)10-13(12-8-6-5-7-9-12)14(15(17)19-3)16(18)20-4/h5-9,11,13-14H,10H2,1-4H3. The van der Waals surface area contributed by atoms with Crippen molar-refractivity contribution in [1.29, 1.82) is 0 Å². The molecule has 0 N–H and O–H groups in total. The predicted octanol–water partition coefficient (Wildman–Crippen LogP) is 2.78. The van der Waals surface area contributed by atoms with E-state index in [0.717, 1.165) is 5.56 Å². The van der Waals surface area contributed by atoms with Gasteiger partial charge in [-0.15, -0.1) is 0 Å². The summed E-state index contributed by atoms with van der Waals surface area (Å²) in [4.78, 5) is 24.0. The number of rotatable bonds is 6. The summed E-state index contributed by atoms with van der Waals surface area (Å²) < 4.78 is 9.56. The lowest BCUT2D eigenvalue weighted by Gasteiger charge is -2.25. The summed E-state index contributed by atoms with van der Waals surface area (Å²) in [5.74, 6) is -1.92. The molecule has 0 aliphatic rings. The lowest BCUT2D eigenvalue weighted by molar-refractivity contribution is -0.160. The summed E-state index contributed by atoms with van der Waals surface area (Å²) in [6.45, 7) is 4.11. The molecule has 0 aliphatic heterocycles. The van der Waals surface area contributed by atoms with Gasteiger partial charge < -0.3 is 9.47 Å². The van der Waals surface area contributed by atoms with Gasteiger partial charge >= 0.3 is 11.9 Å². The molecule has 0 aromatic heterocycles. The van der Waals surface area contributed by atoms with Crippen LogP contribution < -0.4 is 0 Å². The van der Waals surface area contributed by atoms with Crippen LogP contribution in [0.4, 0.5) is 0 Å². The van der Waals surface area contributed by atoms with Gasteiger partial charge in [0.2, 0.25) is 0 Å². The maximum absolute atomic E-state index is 12.0. The Hall–Kier alpha value is -1.84. The number of hydrogen-bond acceptors (Lipinski definition) is 4. The van der Waals surface area contributed by atoms with Gasteiger partial charge in [-0.3, -0.25) is 9.59 Å². The normalized spacial score (nSPS) is 12.3. The molecule has 1 aromatic rings. The quantitative estimate of drug-likeness (QED) is 0.593. The van der Waals surface area contributed by atoms with Crippen LogP contribution >= 0.6 is 0 Å². The molecule has 1 rings (SSSR count). The summed E-state index contributed by atoms with van der Waals surface area (Å²) in [6.07, 6.45) is 0.707. The van der Waals surface area contributed by atoms with Crippen molar-refractivity contribution < 1.29 is 19.1 Å². The SMILES string of the molecule is COC(=O)C(C(=O)OC)C(CC(C)C)c1ccccc1. The van der Waals surface area contributed by atoms with Gasteiger partial charge in [0, 0.05) is 5.92 Å². The molecular formula is C16H22O4. The van der Waals surface area contributed by atoms with Crippen molar-refractivity contribution in [2.24, 2.45) is 11.8 Å². The first kappa shape index (κ1) is 16.2. The molecule has 0 spiro atoms. The molecule has 0 aliphatic carbocycles.